The highest BCUT2D eigenvalue weighted by molar-refractivity contribution is 8.03. The molecule has 8 heteroatoms. The van der Waals surface area contributed by atoms with Crippen molar-refractivity contribution in [2.75, 3.05) is 0 Å². The van der Waals surface area contributed by atoms with Crippen LogP contribution in [-0.4, -0.2) is 51.4 Å². The lowest BCUT2D eigenvalue weighted by atomic mass is 9.93. The molecule has 0 aromatic heterocycles. The summed E-state index contributed by atoms with van der Waals surface area (Å²) in [6.07, 6.45) is 0.184. The monoisotopic (exact) mass is 554 g/mol. The van der Waals surface area contributed by atoms with Gasteiger partial charge < -0.3 is 20.1 Å². The number of β-lactam (4-membered cyclic amide) rings is 1. The van der Waals surface area contributed by atoms with Crippen molar-refractivity contribution in [2.45, 2.75) is 42.5 Å². The molecule has 1 saturated heterocycles. The summed E-state index contributed by atoms with van der Waals surface area (Å²) in [5.41, 5.74) is 2.77. The maximum atomic E-state index is 13.9. The van der Waals surface area contributed by atoms with E-state index in [4.69, 9.17) is 4.74 Å². The van der Waals surface area contributed by atoms with Gasteiger partial charge in [-0.05, 0) is 34.1 Å². The quantitative estimate of drug-likeness (QED) is 0.222. The van der Waals surface area contributed by atoms with Crippen LogP contribution >= 0.6 is 11.8 Å². The lowest BCUT2D eigenvalue weighted by Crippen LogP contribution is -2.74. The van der Waals surface area contributed by atoms with E-state index >= 15 is 0 Å². The Bertz CT molecular complexity index is 1360. The normalized spacial score (nSPS) is 20.6. The molecule has 2 amide bonds. The first-order valence-electron chi connectivity index (χ1n) is 13.1. The minimum absolute atomic E-state index is 0.141. The Morgan fingerprint density at radius 1 is 0.975 bits per heavy atom. The van der Waals surface area contributed by atoms with Gasteiger partial charge in [-0.15, -0.1) is 18.3 Å². The van der Waals surface area contributed by atoms with Crippen molar-refractivity contribution < 1.29 is 24.2 Å². The van der Waals surface area contributed by atoms with E-state index < -0.39 is 41.5 Å². The van der Waals surface area contributed by atoms with Crippen LogP contribution < -0.4 is 5.32 Å². The van der Waals surface area contributed by atoms with Gasteiger partial charge in [0, 0.05) is 0 Å². The zero-order valence-electron chi connectivity index (χ0n) is 21.8. The molecule has 204 valence electrons. The molecule has 0 bridgehead atoms. The first-order chi connectivity index (χ1) is 19.5. The number of carbonyl (C=O) groups is 3. The Morgan fingerprint density at radius 2 is 1.55 bits per heavy atom. The van der Waals surface area contributed by atoms with Crippen LogP contribution in [0.15, 0.2) is 115 Å². The molecule has 4 atom stereocenters. The molecule has 2 aliphatic heterocycles. The number of esters is 1. The van der Waals surface area contributed by atoms with E-state index in [-0.39, 0.29) is 18.7 Å². The third-order valence-corrected chi connectivity index (χ3v) is 8.16. The van der Waals surface area contributed by atoms with Crippen molar-refractivity contribution in [3.05, 3.63) is 131 Å². The van der Waals surface area contributed by atoms with E-state index in [9.17, 15) is 19.5 Å². The van der Waals surface area contributed by atoms with Gasteiger partial charge in [-0.2, -0.15) is 0 Å². The van der Waals surface area contributed by atoms with Gasteiger partial charge in [-0.3, -0.25) is 9.59 Å². The number of aliphatic hydroxyl groups excluding tert-OH is 1. The number of hydrogen-bond donors (Lipinski definition) is 2. The maximum Gasteiger partial charge on any atom is 0.334 e. The molecular formula is C32H30N2O5S. The Morgan fingerprint density at radius 3 is 2.12 bits per heavy atom. The lowest BCUT2D eigenvalue weighted by molar-refractivity contribution is -0.166. The summed E-state index contributed by atoms with van der Waals surface area (Å²) in [6.45, 7) is 3.70. The van der Waals surface area contributed by atoms with E-state index in [1.54, 1.807) is 11.5 Å². The van der Waals surface area contributed by atoms with Crippen LogP contribution in [-0.2, 0) is 25.5 Å². The van der Waals surface area contributed by atoms with Gasteiger partial charge in [0.05, 0.1) is 12.5 Å². The fourth-order valence-corrected chi connectivity index (χ4v) is 6.27. The average molecular weight is 555 g/mol. The van der Waals surface area contributed by atoms with Gasteiger partial charge in [-0.1, -0.05) is 97.1 Å². The second kappa shape index (κ2) is 12.4. The number of aliphatic hydroxyl groups is 1. The molecule has 7 nitrogen and oxygen atoms in total. The van der Waals surface area contributed by atoms with E-state index in [0.717, 1.165) is 16.7 Å². The summed E-state index contributed by atoms with van der Waals surface area (Å²) in [6, 6.07) is 26.1. The topological polar surface area (TPSA) is 95.9 Å². The molecule has 0 saturated carbocycles. The van der Waals surface area contributed by atoms with Gasteiger partial charge in [-0.25, -0.2) is 4.79 Å². The number of carbonyl (C=O) groups excluding carboxylic acids is 3. The second-order valence-corrected chi connectivity index (χ2v) is 10.7. The second-order valence-electron chi connectivity index (χ2n) is 9.68. The van der Waals surface area contributed by atoms with Crippen LogP contribution in [0.4, 0.5) is 0 Å². The molecular weight excluding hydrogens is 524 g/mol. The molecule has 3 aromatic rings. The molecule has 2 N–H and O–H groups in total. The largest absolute Gasteiger partial charge is 0.451 e. The number of amides is 2. The van der Waals surface area contributed by atoms with Gasteiger partial charge in [0.15, 0.2) is 12.1 Å². The molecule has 1 fully saturated rings. The molecule has 0 radical (unpaired) electrons. The average Bonchev–Trinajstić information content (AvgIpc) is 2.99. The number of benzene rings is 3. The fraction of sp³-hybridized carbons (Fsp3) is 0.219. The van der Waals surface area contributed by atoms with Crippen LogP contribution in [0, 0.1) is 0 Å². The van der Waals surface area contributed by atoms with Crippen LogP contribution in [0.1, 0.15) is 29.2 Å². The Balaban J connectivity index is 1.39. The van der Waals surface area contributed by atoms with Crippen LogP contribution in [0.2, 0.25) is 0 Å². The predicted molar refractivity (Wildman–Crippen MR) is 154 cm³/mol. The highest BCUT2D eigenvalue weighted by Gasteiger charge is 2.57. The van der Waals surface area contributed by atoms with Crippen LogP contribution in [0.3, 0.4) is 0 Å². The molecule has 5 rings (SSSR count). The standard InChI is InChI=1S/C32H30N2O5S/c1-2-12-25(35)24-20-40-31-27(33-26(36)19-21-13-6-3-7-14-21)30(37)34(31)28(24)32(38)39-29(22-15-8-4-9-16-22)23-17-10-5-11-18-23/h2-11,13-18,20,25,27-29,31,35H,1,12,19H2,(H,33,36)/t25?,27-,28-,31-/m1/s1. The first kappa shape index (κ1) is 27.4. The van der Waals surface area contributed by atoms with Gasteiger partial charge in [0.25, 0.3) is 0 Å². The highest BCUT2D eigenvalue weighted by atomic mass is 32.2. The molecule has 2 aliphatic rings. The molecule has 0 spiro atoms. The smallest absolute Gasteiger partial charge is 0.334 e. The number of rotatable bonds is 10. The summed E-state index contributed by atoms with van der Waals surface area (Å²) >= 11 is 1.29. The summed E-state index contributed by atoms with van der Waals surface area (Å²) in [7, 11) is 0. The number of nitrogens with one attached hydrogen (secondary N) is 1. The number of ether oxygens (including phenoxy) is 1. The molecule has 0 aliphatic carbocycles. The van der Waals surface area contributed by atoms with Crippen molar-refractivity contribution in [1.82, 2.24) is 10.2 Å². The van der Waals surface area contributed by atoms with E-state index in [1.165, 1.54) is 16.7 Å². The molecule has 40 heavy (non-hydrogen) atoms. The first-order valence-corrected chi connectivity index (χ1v) is 14.0. The maximum absolute atomic E-state index is 13.9. The lowest BCUT2D eigenvalue weighted by Gasteiger charge is -2.52. The van der Waals surface area contributed by atoms with Crippen molar-refractivity contribution in [3.8, 4) is 0 Å². The number of fused-ring (bicyclic) bond motifs is 1. The number of nitrogens with zero attached hydrogens (tertiary/aromatic N) is 1. The van der Waals surface area contributed by atoms with Crippen molar-refractivity contribution in [1.29, 1.82) is 0 Å². The zero-order chi connectivity index (χ0) is 28.1. The van der Waals surface area contributed by atoms with Crippen LogP contribution in [0.5, 0.6) is 0 Å². The Labute approximate surface area is 237 Å². The molecule has 3 aromatic carbocycles. The zero-order valence-corrected chi connectivity index (χ0v) is 22.6. The minimum atomic E-state index is -1.13. The molecule has 2 heterocycles. The van der Waals surface area contributed by atoms with Crippen LogP contribution in [0.25, 0.3) is 0 Å². The minimum Gasteiger partial charge on any atom is -0.451 e. The summed E-state index contributed by atoms with van der Waals surface area (Å²) in [4.78, 5) is 41.4. The summed E-state index contributed by atoms with van der Waals surface area (Å²) < 4.78 is 6.11. The third-order valence-electron chi connectivity index (χ3n) is 6.98. The summed E-state index contributed by atoms with van der Waals surface area (Å²) in [5, 5.41) is 14.9. The van der Waals surface area contributed by atoms with E-state index in [1.807, 2.05) is 91.0 Å². The van der Waals surface area contributed by atoms with Gasteiger partial charge >= 0.3 is 5.97 Å². The van der Waals surface area contributed by atoms with Gasteiger partial charge in [0.1, 0.15) is 11.4 Å². The Kier molecular flexibility index (Phi) is 8.48. The predicted octanol–water partition coefficient (Wildman–Crippen LogP) is 4.15. The van der Waals surface area contributed by atoms with Gasteiger partial charge in [0.2, 0.25) is 11.8 Å². The number of thioether (sulfide) groups is 1. The highest BCUT2D eigenvalue weighted by Crippen LogP contribution is 2.42. The molecule has 1 unspecified atom stereocenters. The third kappa shape index (κ3) is 5.73. The van der Waals surface area contributed by atoms with Crippen molar-refractivity contribution >= 4 is 29.5 Å². The SMILES string of the molecule is C=CCC(O)C1=CS[C@@H]2[C@H](NC(=O)Cc3ccccc3)C(=O)N2[C@H]1C(=O)OC(c1ccccc1)c1ccccc1. The van der Waals surface area contributed by atoms with E-state index in [2.05, 4.69) is 11.9 Å². The Hall–Kier alpha value is -4.14. The van der Waals surface area contributed by atoms with E-state index in [0.29, 0.717) is 5.57 Å². The number of hydrogen-bond acceptors (Lipinski definition) is 6. The van der Waals surface area contributed by atoms with Crippen molar-refractivity contribution in [2.24, 2.45) is 0 Å². The summed E-state index contributed by atoms with van der Waals surface area (Å²) in [5.74, 6) is -1.33. The van der Waals surface area contributed by atoms with Crippen molar-refractivity contribution in [3.63, 3.8) is 0 Å². The fourth-order valence-electron chi connectivity index (χ4n) is 4.99.